The van der Waals surface area contributed by atoms with Crippen LogP contribution in [0.4, 0.5) is 4.79 Å². The van der Waals surface area contributed by atoms with E-state index in [9.17, 15) is 13.2 Å². The van der Waals surface area contributed by atoms with Gasteiger partial charge in [-0.2, -0.15) is 0 Å². The minimum Gasteiger partial charge on any atom is -0.448 e. The van der Waals surface area contributed by atoms with Crippen LogP contribution in [-0.2, 0) is 21.3 Å². The minimum absolute atomic E-state index is 0.0807. The van der Waals surface area contributed by atoms with Gasteiger partial charge in [-0.15, -0.1) is 11.3 Å². The summed E-state index contributed by atoms with van der Waals surface area (Å²) < 4.78 is 27.2. The van der Waals surface area contributed by atoms with Crippen LogP contribution >= 0.6 is 11.3 Å². The SMILES string of the molecule is NS(=O)(=O)c1ccsc1CN1CCOC1=O. The maximum absolute atomic E-state index is 11.2. The first kappa shape index (κ1) is 11.4. The molecule has 6 nitrogen and oxygen atoms in total. The van der Waals surface area contributed by atoms with Crippen LogP contribution in [0.25, 0.3) is 0 Å². The zero-order valence-corrected chi connectivity index (χ0v) is 9.88. The highest BCUT2D eigenvalue weighted by Gasteiger charge is 2.25. The number of carbonyl (C=O) groups excluding carboxylic acids is 1. The van der Waals surface area contributed by atoms with Crippen molar-refractivity contribution in [2.24, 2.45) is 5.14 Å². The van der Waals surface area contributed by atoms with Gasteiger partial charge in [0, 0.05) is 4.88 Å². The molecular formula is C8H10N2O4S2. The summed E-state index contributed by atoms with van der Waals surface area (Å²) in [4.78, 5) is 13.3. The second-order valence-corrected chi connectivity index (χ2v) is 5.82. The van der Waals surface area contributed by atoms with E-state index < -0.39 is 16.1 Å². The van der Waals surface area contributed by atoms with Crippen molar-refractivity contribution in [1.82, 2.24) is 4.90 Å². The number of hydrogen-bond donors (Lipinski definition) is 1. The summed E-state index contributed by atoms with van der Waals surface area (Å²) in [7, 11) is -3.72. The average molecular weight is 262 g/mol. The Labute approximate surface area is 96.7 Å². The van der Waals surface area contributed by atoms with Gasteiger partial charge in [0.1, 0.15) is 6.61 Å². The summed E-state index contributed by atoms with van der Waals surface area (Å²) in [5, 5.41) is 6.69. The molecule has 1 aromatic heterocycles. The molecule has 2 N–H and O–H groups in total. The van der Waals surface area contributed by atoms with E-state index in [4.69, 9.17) is 9.88 Å². The molecule has 0 atom stereocenters. The Bertz CT molecular complexity index is 508. The van der Waals surface area contributed by atoms with Crippen LogP contribution in [-0.4, -0.2) is 32.6 Å². The van der Waals surface area contributed by atoms with E-state index in [0.717, 1.165) is 0 Å². The normalized spacial score (nSPS) is 16.6. The van der Waals surface area contributed by atoms with Crippen LogP contribution in [0.3, 0.4) is 0 Å². The molecule has 88 valence electrons. The molecule has 1 aliphatic heterocycles. The number of ether oxygens (including phenoxy) is 1. The summed E-state index contributed by atoms with van der Waals surface area (Å²) in [6.07, 6.45) is -0.422. The van der Waals surface area contributed by atoms with Gasteiger partial charge in [0.15, 0.2) is 0 Å². The van der Waals surface area contributed by atoms with Crippen molar-refractivity contribution in [2.75, 3.05) is 13.2 Å². The molecule has 1 amide bonds. The van der Waals surface area contributed by atoms with Crippen molar-refractivity contribution in [3.63, 3.8) is 0 Å². The predicted octanol–water partition coefficient (Wildman–Crippen LogP) is 0.348. The van der Waals surface area contributed by atoms with Crippen molar-refractivity contribution >= 4 is 27.5 Å². The first-order valence-corrected chi connectivity index (χ1v) is 6.92. The van der Waals surface area contributed by atoms with Crippen molar-refractivity contribution < 1.29 is 17.9 Å². The standard InChI is InChI=1S/C8H10N2O4S2/c9-16(12,13)7-1-4-15-6(7)5-10-2-3-14-8(10)11/h1,4H,2-3,5H2,(H2,9,12,13). The number of primary sulfonamides is 1. The lowest BCUT2D eigenvalue weighted by atomic mass is 10.4. The van der Waals surface area contributed by atoms with Gasteiger partial charge < -0.3 is 4.74 Å². The number of rotatable bonds is 3. The van der Waals surface area contributed by atoms with Crippen LogP contribution in [0.2, 0.25) is 0 Å². The molecule has 1 fully saturated rings. The Morgan fingerprint density at radius 3 is 2.88 bits per heavy atom. The second kappa shape index (κ2) is 4.04. The van der Waals surface area contributed by atoms with E-state index in [0.29, 0.717) is 18.0 Å². The number of nitrogens with zero attached hydrogens (tertiary/aromatic N) is 1. The lowest BCUT2D eigenvalue weighted by Crippen LogP contribution is -2.24. The van der Waals surface area contributed by atoms with Crippen molar-refractivity contribution in [3.05, 3.63) is 16.3 Å². The predicted molar refractivity (Wildman–Crippen MR) is 57.5 cm³/mol. The first-order chi connectivity index (χ1) is 7.48. The van der Waals surface area contributed by atoms with E-state index in [1.807, 2.05) is 0 Å². The number of carbonyl (C=O) groups is 1. The monoisotopic (exact) mass is 262 g/mol. The van der Waals surface area contributed by atoms with Crippen LogP contribution in [0, 0.1) is 0 Å². The summed E-state index contributed by atoms with van der Waals surface area (Å²) in [5.41, 5.74) is 0. The lowest BCUT2D eigenvalue weighted by molar-refractivity contribution is 0.157. The molecule has 1 saturated heterocycles. The number of hydrogen-bond acceptors (Lipinski definition) is 5. The van der Waals surface area contributed by atoms with E-state index in [2.05, 4.69) is 0 Å². The Balaban J connectivity index is 2.22. The molecule has 8 heteroatoms. The highest BCUT2D eigenvalue weighted by atomic mass is 32.2. The van der Waals surface area contributed by atoms with E-state index >= 15 is 0 Å². The summed E-state index contributed by atoms with van der Waals surface area (Å²) in [6.45, 7) is 1.04. The van der Waals surface area contributed by atoms with Crippen LogP contribution < -0.4 is 5.14 Å². The van der Waals surface area contributed by atoms with Crippen LogP contribution in [0.1, 0.15) is 4.88 Å². The Kier molecular flexibility index (Phi) is 2.87. The highest BCUT2D eigenvalue weighted by molar-refractivity contribution is 7.89. The smallest absolute Gasteiger partial charge is 0.410 e. The van der Waals surface area contributed by atoms with Crippen LogP contribution in [0.5, 0.6) is 0 Å². The van der Waals surface area contributed by atoms with Gasteiger partial charge in [0.25, 0.3) is 0 Å². The van der Waals surface area contributed by atoms with Gasteiger partial charge in [-0.25, -0.2) is 18.4 Å². The number of nitrogens with two attached hydrogens (primary N) is 1. The number of cyclic esters (lactones) is 1. The molecule has 0 aromatic carbocycles. The number of sulfonamides is 1. The van der Waals surface area contributed by atoms with Gasteiger partial charge >= 0.3 is 6.09 Å². The maximum Gasteiger partial charge on any atom is 0.410 e. The topological polar surface area (TPSA) is 89.7 Å². The molecule has 16 heavy (non-hydrogen) atoms. The molecule has 0 radical (unpaired) electrons. The zero-order chi connectivity index (χ0) is 11.8. The molecule has 1 aliphatic rings. The largest absolute Gasteiger partial charge is 0.448 e. The first-order valence-electron chi connectivity index (χ1n) is 4.49. The third-order valence-electron chi connectivity index (χ3n) is 2.19. The summed E-state index contributed by atoms with van der Waals surface area (Å²) >= 11 is 1.26. The van der Waals surface area contributed by atoms with Crippen molar-refractivity contribution in [2.45, 2.75) is 11.4 Å². The van der Waals surface area contributed by atoms with Gasteiger partial charge in [-0.3, -0.25) is 4.90 Å². The Morgan fingerprint density at radius 1 is 1.56 bits per heavy atom. The summed E-state index contributed by atoms with van der Waals surface area (Å²) in [6, 6.07) is 1.44. The fraction of sp³-hybridized carbons (Fsp3) is 0.375. The van der Waals surface area contributed by atoms with Crippen molar-refractivity contribution in [1.29, 1.82) is 0 Å². The average Bonchev–Trinajstić information content (AvgIpc) is 2.76. The zero-order valence-electron chi connectivity index (χ0n) is 8.25. The maximum atomic E-state index is 11.2. The Hall–Kier alpha value is -1.12. The highest BCUT2D eigenvalue weighted by Crippen LogP contribution is 2.23. The molecule has 0 aliphatic carbocycles. The van der Waals surface area contributed by atoms with Gasteiger partial charge in [-0.05, 0) is 11.4 Å². The van der Waals surface area contributed by atoms with Crippen molar-refractivity contribution in [3.8, 4) is 0 Å². The molecule has 2 heterocycles. The Morgan fingerprint density at radius 2 is 2.31 bits per heavy atom. The minimum atomic E-state index is -3.72. The molecule has 2 rings (SSSR count). The molecular weight excluding hydrogens is 252 g/mol. The fourth-order valence-corrected chi connectivity index (χ4v) is 3.44. The molecule has 0 spiro atoms. The molecule has 0 bridgehead atoms. The quantitative estimate of drug-likeness (QED) is 0.851. The van der Waals surface area contributed by atoms with Crippen LogP contribution in [0.15, 0.2) is 16.3 Å². The van der Waals surface area contributed by atoms with Gasteiger partial charge in [0.2, 0.25) is 10.0 Å². The third kappa shape index (κ3) is 2.18. The second-order valence-electron chi connectivity index (χ2n) is 3.29. The molecule has 1 aromatic rings. The van der Waals surface area contributed by atoms with Gasteiger partial charge in [0.05, 0.1) is 18.0 Å². The number of amides is 1. The van der Waals surface area contributed by atoms with E-state index in [1.165, 1.54) is 22.3 Å². The lowest BCUT2D eigenvalue weighted by Gasteiger charge is -2.11. The third-order valence-corrected chi connectivity index (χ3v) is 4.22. The van der Waals surface area contributed by atoms with E-state index in [-0.39, 0.29) is 11.4 Å². The molecule has 0 unspecified atom stereocenters. The summed E-state index contributed by atoms with van der Waals surface area (Å²) in [5.74, 6) is 0. The fourth-order valence-electron chi connectivity index (χ4n) is 1.44. The molecule has 0 saturated carbocycles. The van der Waals surface area contributed by atoms with Gasteiger partial charge in [-0.1, -0.05) is 0 Å². The number of thiophene rings is 1. The van der Waals surface area contributed by atoms with E-state index in [1.54, 1.807) is 5.38 Å².